The van der Waals surface area contributed by atoms with Gasteiger partial charge in [0.2, 0.25) is 0 Å². The molecule has 2 N–H and O–H groups in total. The smallest absolute Gasteiger partial charge is 0.407 e. The van der Waals surface area contributed by atoms with E-state index in [0.717, 1.165) is 4.90 Å². The van der Waals surface area contributed by atoms with E-state index in [-0.39, 0.29) is 19.6 Å². The van der Waals surface area contributed by atoms with Crippen LogP contribution in [0.25, 0.3) is 0 Å². The molecule has 0 spiro atoms. The van der Waals surface area contributed by atoms with Gasteiger partial charge in [-0.2, -0.15) is 0 Å². The molecule has 1 fully saturated rings. The summed E-state index contributed by atoms with van der Waals surface area (Å²) in [4.78, 5) is 36.7. The van der Waals surface area contributed by atoms with E-state index in [9.17, 15) is 19.5 Å². The fourth-order valence-corrected chi connectivity index (χ4v) is 2.30. The van der Waals surface area contributed by atoms with Crippen molar-refractivity contribution in [1.82, 2.24) is 9.80 Å². The lowest BCUT2D eigenvalue weighted by Crippen LogP contribution is -2.59. The van der Waals surface area contributed by atoms with Crippen LogP contribution in [-0.4, -0.2) is 63.7 Å². The maximum Gasteiger partial charge on any atom is 0.407 e. The van der Waals surface area contributed by atoms with Gasteiger partial charge in [-0.3, -0.25) is 4.79 Å². The Morgan fingerprint density at radius 3 is 2.24 bits per heavy atom. The summed E-state index contributed by atoms with van der Waals surface area (Å²) in [5, 5.41) is 18.6. The molecule has 1 atom stereocenters. The number of benzene rings is 1. The van der Waals surface area contributed by atoms with Gasteiger partial charge in [0.25, 0.3) is 5.91 Å². The molecule has 7 nitrogen and oxygen atoms in total. The van der Waals surface area contributed by atoms with Gasteiger partial charge in [0.15, 0.2) is 0 Å². The molecular formula is C13H13ClN2O5. The molecule has 1 heterocycles. The molecule has 2 rings (SSSR count). The molecule has 1 saturated heterocycles. The topological polar surface area (TPSA) is 98.2 Å². The molecule has 0 radical (unpaired) electrons. The van der Waals surface area contributed by atoms with E-state index in [0.29, 0.717) is 10.6 Å². The van der Waals surface area contributed by atoms with Crippen LogP contribution in [0.15, 0.2) is 24.3 Å². The van der Waals surface area contributed by atoms with Gasteiger partial charge in [0.05, 0.1) is 6.54 Å². The van der Waals surface area contributed by atoms with Gasteiger partial charge in [-0.05, 0) is 24.3 Å². The molecule has 0 aliphatic carbocycles. The average Bonchev–Trinajstić information content (AvgIpc) is 2.46. The van der Waals surface area contributed by atoms with Gasteiger partial charge >= 0.3 is 12.1 Å². The first kappa shape index (κ1) is 15.1. The zero-order chi connectivity index (χ0) is 15.6. The highest BCUT2D eigenvalue weighted by Gasteiger charge is 2.37. The third-order valence-electron chi connectivity index (χ3n) is 3.29. The normalized spacial score (nSPS) is 18.4. The van der Waals surface area contributed by atoms with Crippen molar-refractivity contribution in [1.29, 1.82) is 0 Å². The molecule has 2 amide bonds. The molecule has 0 aromatic heterocycles. The largest absolute Gasteiger partial charge is 0.480 e. The number of carboxylic acid groups (broad SMARTS) is 2. The van der Waals surface area contributed by atoms with Crippen molar-refractivity contribution >= 4 is 29.6 Å². The van der Waals surface area contributed by atoms with Gasteiger partial charge in [-0.1, -0.05) is 11.6 Å². The number of amides is 2. The van der Waals surface area contributed by atoms with E-state index in [2.05, 4.69) is 0 Å². The summed E-state index contributed by atoms with van der Waals surface area (Å²) in [6, 6.07) is 4.90. The van der Waals surface area contributed by atoms with E-state index >= 15 is 0 Å². The highest BCUT2D eigenvalue weighted by atomic mass is 35.5. The monoisotopic (exact) mass is 312 g/mol. The lowest BCUT2D eigenvalue weighted by molar-refractivity contribution is -0.144. The molecule has 0 unspecified atom stereocenters. The average molecular weight is 313 g/mol. The number of carbonyl (C=O) groups is 3. The first-order chi connectivity index (χ1) is 9.90. The molecule has 1 aromatic rings. The minimum atomic E-state index is -1.23. The fraction of sp³-hybridized carbons (Fsp3) is 0.308. The van der Waals surface area contributed by atoms with Crippen molar-refractivity contribution in [3.05, 3.63) is 34.9 Å². The first-order valence-electron chi connectivity index (χ1n) is 6.17. The molecule has 1 aromatic carbocycles. The van der Waals surface area contributed by atoms with Crippen molar-refractivity contribution in [2.45, 2.75) is 6.04 Å². The Hall–Kier alpha value is -2.28. The summed E-state index contributed by atoms with van der Waals surface area (Å²) >= 11 is 5.74. The molecule has 112 valence electrons. The van der Waals surface area contributed by atoms with Crippen LogP contribution in [0.4, 0.5) is 4.79 Å². The lowest BCUT2D eigenvalue weighted by atomic mass is 10.1. The van der Waals surface area contributed by atoms with E-state index in [4.69, 9.17) is 16.7 Å². The molecule has 1 aliphatic rings. The van der Waals surface area contributed by atoms with Crippen molar-refractivity contribution in [3.63, 3.8) is 0 Å². The Kier molecular flexibility index (Phi) is 4.32. The maximum atomic E-state index is 12.4. The number of carboxylic acids is 1. The summed E-state index contributed by atoms with van der Waals surface area (Å²) in [6.45, 7) is -0.132. The number of hydrogen-bond acceptors (Lipinski definition) is 3. The Morgan fingerprint density at radius 2 is 1.71 bits per heavy atom. The number of piperazine rings is 1. The summed E-state index contributed by atoms with van der Waals surface area (Å²) < 4.78 is 0. The zero-order valence-corrected chi connectivity index (χ0v) is 11.7. The van der Waals surface area contributed by atoms with E-state index in [1.165, 1.54) is 29.2 Å². The molecule has 8 heteroatoms. The SMILES string of the molecule is O=C(O)[C@H]1CN(C(=O)O)CCN1C(=O)c1ccc(Cl)cc1. The second-order valence-electron chi connectivity index (χ2n) is 4.59. The Morgan fingerprint density at radius 1 is 1.10 bits per heavy atom. The lowest BCUT2D eigenvalue weighted by Gasteiger charge is -2.38. The van der Waals surface area contributed by atoms with Crippen molar-refractivity contribution in [2.24, 2.45) is 0 Å². The number of rotatable bonds is 2. The van der Waals surface area contributed by atoms with Crippen LogP contribution in [-0.2, 0) is 4.79 Å². The highest BCUT2D eigenvalue weighted by molar-refractivity contribution is 6.30. The third kappa shape index (κ3) is 3.25. The van der Waals surface area contributed by atoms with Gasteiger partial charge in [-0.15, -0.1) is 0 Å². The minimum Gasteiger partial charge on any atom is -0.480 e. The number of hydrogen-bond donors (Lipinski definition) is 2. The molecular weight excluding hydrogens is 300 g/mol. The Balaban J connectivity index is 2.21. The van der Waals surface area contributed by atoms with Crippen LogP contribution >= 0.6 is 11.6 Å². The van der Waals surface area contributed by atoms with E-state index < -0.39 is 24.0 Å². The van der Waals surface area contributed by atoms with E-state index in [1.54, 1.807) is 0 Å². The number of halogens is 1. The number of nitrogens with zero attached hydrogens (tertiary/aromatic N) is 2. The third-order valence-corrected chi connectivity index (χ3v) is 3.54. The quantitative estimate of drug-likeness (QED) is 0.856. The van der Waals surface area contributed by atoms with Crippen LogP contribution in [0.5, 0.6) is 0 Å². The van der Waals surface area contributed by atoms with Crippen LogP contribution < -0.4 is 0 Å². The summed E-state index contributed by atoms with van der Waals surface area (Å²) in [7, 11) is 0. The van der Waals surface area contributed by atoms with Gasteiger partial charge < -0.3 is 20.0 Å². The van der Waals surface area contributed by atoms with Crippen molar-refractivity contribution < 1.29 is 24.6 Å². The number of carbonyl (C=O) groups excluding carboxylic acids is 1. The predicted molar refractivity (Wildman–Crippen MR) is 73.5 cm³/mol. The van der Waals surface area contributed by atoms with Crippen molar-refractivity contribution in [3.8, 4) is 0 Å². The molecule has 21 heavy (non-hydrogen) atoms. The van der Waals surface area contributed by atoms with Crippen LogP contribution in [0.2, 0.25) is 5.02 Å². The standard InChI is InChI=1S/C13H13ClN2O5/c14-9-3-1-8(2-4-9)11(17)16-6-5-15(13(20)21)7-10(16)12(18)19/h1-4,10H,5-7H2,(H,18,19)(H,20,21)/t10-/m1/s1. The molecule has 1 aliphatic heterocycles. The van der Waals surface area contributed by atoms with Crippen LogP contribution in [0, 0.1) is 0 Å². The van der Waals surface area contributed by atoms with Gasteiger partial charge in [0, 0.05) is 23.7 Å². The summed E-state index contributed by atoms with van der Waals surface area (Å²) in [6.07, 6.45) is -1.19. The highest BCUT2D eigenvalue weighted by Crippen LogP contribution is 2.17. The summed E-state index contributed by atoms with van der Waals surface area (Å²) in [5.74, 6) is -1.69. The van der Waals surface area contributed by atoms with Crippen LogP contribution in [0.1, 0.15) is 10.4 Å². The second kappa shape index (κ2) is 6.01. The minimum absolute atomic E-state index is 0.0325. The second-order valence-corrected chi connectivity index (χ2v) is 5.02. The Labute approximate surface area is 125 Å². The summed E-state index contributed by atoms with van der Waals surface area (Å²) in [5.41, 5.74) is 0.314. The molecule has 0 saturated carbocycles. The van der Waals surface area contributed by atoms with Crippen molar-refractivity contribution in [2.75, 3.05) is 19.6 Å². The fourth-order valence-electron chi connectivity index (χ4n) is 2.17. The van der Waals surface area contributed by atoms with Gasteiger partial charge in [0.1, 0.15) is 6.04 Å². The van der Waals surface area contributed by atoms with Gasteiger partial charge in [-0.25, -0.2) is 9.59 Å². The van der Waals surface area contributed by atoms with E-state index in [1.807, 2.05) is 0 Å². The molecule has 0 bridgehead atoms. The Bertz CT molecular complexity index is 574. The maximum absolute atomic E-state index is 12.4. The number of aliphatic carboxylic acids is 1. The zero-order valence-electron chi connectivity index (χ0n) is 10.9. The first-order valence-corrected chi connectivity index (χ1v) is 6.55. The predicted octanol–water partition coefficient (Wildman–Crippen LogP) is 1.23. The van der Waals surface area contributed by atoms with Crippen LogP contribution in [0.3, 0.4) is 0 Å².